The van der Waals surface area contributed by atoms with Crippen LogP contribution in [0, 0.1) is 18.2 Å². The second-order valence-electron chi connectivity index (χ2n) is 4.87. The molecule has 0 aromatic heterocycles. The summed E-state index contributed by atoms with van der Waals surface area (Å²) in [5, 5.41) is 8.96. The quantitative estimate of drug-likeness (QED) is 0.854. The zero-order valence-corrected chi connectivity index (χ0v) is 11.1. The number of aryl methyl sites for hydroxylation is 1. The zero-order chi connectivity index (χ0) is 14.1. The normalized spacial score (nSPS) is 11.4. The van der Waals surface area contributed by atoms with E-state index in [2.05, 4.69) is 0 Å². The molecule has 1 N–H and O–H groups in total. The van der Waals surface area contributed by atoms with E-state index < -0.39 is 23.0 Å². The molecule has 0 aliphatic carbocycles. The van der Waals surface area contributed by atoms with Crippen molar-refractivity contribution in [2.24, 2.45) is 5.41 Å². The van der Waals surface area contributed by atoms with Gasteiger partial charge in [0.05, 0.1) is 10.4 Å². The van der Waals surface area contributed by atoms with Crippen LogP contribution < -0.4 is 0 Å². The topological polar surface area (TPSA) is 54.4 Å². The number of halogens is 2. The molecule has 0 saturated heterocycles. The number of carbonyl (C=O) groups excluding carboxylic acids is 1. The fraction of sp³-hybridized carbons (Fsp3) is 0.385. The molecule has 0 atom stereocenters. The molecule has 0 spiro atoms. The van der Waals surface area contributed by atoms with E-state index in [0.29, 0.717) is 5.56 Å². The van der Waals surface area contributed by atoms with Crippen LogP contribution in [0.2, 0.25) is 5.02 Å². The van der Waals surface area contributed by atoms with Crippen LogP contribution >= 0.6 is 11.6 Å². The molecule has 0 fully saturated rings. The fourth-order valence-electron chi connectivity index (χ4n) is 1.44. The average molecular weight is 273 g/mol. The van der Waals surface area contributed by atoms with Crippen LogP contribution in [0.3, 0.4) is 0 Å². The van der Waals surface area contributed by atoms with Gasteiger partial charge in [-0.05, 0) is 38.5 Å². The first kappa shape index (κ1) is 14.6. The van der Waals surface area contributed by atoms with E-state index in [4.69, 9.17) is 16.7 Å². The Labute approximate surface area is 110 Å². The third-order valence-electron chi connectivity index (χ3n) is 2.73. The summed E-state index contributed by atoms with van der Waals surface area (Å²) in [6, 6.07) is 2.41. The first-order valence-electron chi connectivity index (χ1n) is 5.37. The standard InChI is InChI=1S/C13H14ClFO3/c1-7-4-8(9(14)5-10(7)15)11(16)6-13(2,3)12(17)18/h4-5H,6H2,1-3H3,(H,17,18). The van der Waals surface area contributed by atoms with Gasteiger partial charge in [0.15, 0.2) is 5.78 Å². The van der Waals surface area contributed by atoms with Gasteiger partial charge in [-0.15, -0.1) is 0 Å². The largest absolute Gasteiger partial charge is 0.481 e. The van der Waals surface area contributed by atoms with Crippen LogP contribution in [0.15, 0.2) is 12.1 Å². The summed E-state index contributed by atoms with van der Waals surface area (Å²) in [5.41, 5.74) is -0.719. The predicted octanol–water partition coefficient (Wildman–Crippen LogP) is 3.47. The van der Waals surface area contributed by atoms with Crippen molar-refractivity contribution in [3.63, 3.8) is 0 Å². The van der Waals surface area contributed by atoms with Crippen molar-refractivity contribution in [3.8, 4) is 0 Å². The monoisotopic (exact) mass is 272 g/mol. The Hall–Kier alpha value is -1.42. The number of Topliss-reactive ketones (excluding diaryl/α,β-unsaturated/α-hetero) is 1. The lowest BCUT2D eigenvalue weighted by atomic mass is 9.85. The Morgan fingerprint density at radius 3 is 2.44 bits per heavy atom. The van der Waals surface area contributed by atoms with Crippen molar-refractivity contribution in [2.75, 3.05) is 0 Å². The van der Waals surface area contributed by atoms with Gasteiger partial charge in [0.25, 0.3) is 0 Å². The van der Waals surface area contributed by atoms with E-state index >= 15 is 0 Å². The molecule has 0 heterocycles. The van der Waals surface area contributed by atoms with Crippen LogP contribution in [-0.2, 0) is 4.79 Å². The summed E-state index contributed by atoms with van der Waals surface area (Å²) in [7, 11) is 0. The zero-order valence-electron chi connectivity index (χ0n) is 10.4. The van der Waals surface area contributed by atoms with E-state index in [1.807, 2.05) is 0 Å². The minimum absolute atomic E-state index is 0.00397. The maximum Gasteiger partial charge on any atom is 0.309 e. The molecule has 5 heteroatoms. The van der Waals surface area contributed by atoms with E-state index in [1.165, 1.54) is 26.8 Å². The summed E-state index contributed by atoms with van der Waals surface area (Å²) < 4.78 is 13.2. The summed E-state index contributed by atoms with van der Waals surface area (Å²) in [6.45, 7) is 4.43. The summed E-state index contributed by atoms with van der Waals surface area (Å²) >= 11 is 5.80. The highest BCUT2D eigenvalue weighted by atomic mass is 35.5. The highest BCUT2D eigenvalue weighted by Crippen LogP contribution is 2.27. The molecule has 1 rings (SSSR count). The van der Waals surface area contributed by atoms with E-state index in [-0.39, 0.29) is 17.0 Å². The average Bonchev–Trinajstić information content (AvgIpc) is 2.22. The molecule has 0 radical (unpaired) electrons. The molecule has 18 heavy (non-hydrogen) atoms. The van der Waals surface area contributed by atoms with Gasteiger partial charge < -0.3 is 5.11 Å². The molecule has 1 aromatic carbocycles. The Morgan fingerprint density at radius 1 is 1.39 bits per heavy atom. The van der Waals surface area contributed by atoms with Crippen molar-refractivity contribution >= 4 is 23.4 Å². The molecule has 0 unspecified atom stereocenters. The smallest absolute Gasteiger partial charge is 0.309 e. The second kappa shape index (κ2) is 5.06. The molecule has 0 aliphatic heterocycles. The lowest BCUT2D eigenvalue weighted by molar-refractivity contribution is -0.146. The number of rotatable bonds is 4. The van der Waals surface area contributed by atoms with Crippen LogP contribution in [0.25, 0.3) is 0 Å². The summed E-state index contributed by atoms with van der Waals surface area (Å²) in [6.07, 6.45) is -0.187. The highest BCUT2D eigenvalue weighted by molar-refractivity contribution is 6.34. The van der Waals surface area contributed by atoms with Crippen LogP contribution in [0.4, 0.5) is 4.39 Å². The van der Waals surface area contributed by atoms with Crippen LogP contribution in [-0.4, -0.2) is 16.9 Å². The lowest BCUT2D eigenvalue weighted by Crippen LogP contribution is -2.27. The molecule has 98 valence electrons. The summed E-state index contributed by atoms with van der Waals surface area (Å²) in [4.78, 5) is 22.9. The van der Waals surface area contributed by atoms with Crippen molar-refractivity contribution < 1.29 is 19.1 Å². The molecule has 0 aliphatic rings. The number of hydrogen-bond donors (Lipinski definition) is 1. The van der Waals surface area contributed by atoms with Gasteiger partial charge in [0.2, 0.25) is 0 Å². The van der Waals surface area contributed by atoms with E-state index in [9.17, 15) is 14.0 Å². The third kappa shape index (κ3) is 3.07. The van der Waals surface area contributed by atoms with Crippen molar-refractivity contribution in [3.05, 3.63) is 34.1 Å². The van der Waals surface area contributed by atoms with Gasteiger partial charge in [0.1, 0.15) is 5.82 Å². The van der Waals surface area contributed by atoms with Crippen LogP contribution in [0.1, 0.15) is 36.2 Å². The fourth-order valence-corrected chi connectivity index (χ4v) is 1.70. The van der Waals surface area contributed by atoms with Gasteiger partial charge in [-0.3, -0.25) is 9.59 Å². The predicted molar refractivity (Wildman–Crippen MR) is 66.5 cm³/mol. The van der Waals surface area contributed by atoms with E-state index in [0.717, 1.165) is 6.07 Å². The number of benzene rings is 1. The van der Waals surface area contributed by atoms with Gasteiger partial charge in [-0.25, -0.2) is 4.39 Å². The minimum atomic E-state index is -1.18. The lowest BCUT2D eigenvalue weighted by Gasteiger charge is -2.18. The molecule has 0 saturated carbocycles. The Bertz CT molecular complexity index is 509. The number of aliphatic carboxylic acids is 1. The Kier molecular flexibility index (Phi) is 4.12. The molecular weight excluding hydrogens is 259 g/mol. The number of carboxylic acid groups (broad SMARTS) is 1. The number of hydrogen-bond acceptors (Lipinski definition) is 2. The number of carboxylic acids is 1. The SMILES string of the molecule is Cc1cc(C(=O)CC(C)(C)C(=O)O)c(Cl)cc1F. The maximum atomic E-state index is 13.2. The second-order valence-corrected chi connectivity index (χ2v) is 5.28. The van der Waals surface area contributed by atoms with Gasteiger partial charge in [-0.2, -0.15) is 0 Å². The molecular formula is C13H14ClFO3. The minimum Gasteiger partial charge on any atom is -0.481 e. The third-order valence-corrected chi connectivity index (χ3v) is 3.04. The Morgan fingerprint density at radius 2 is 1.94 bits per heavy atom. The first-order valence-corrected chi connectivity index (χ1v) is 5.75. The maximum absolute atomic E-state index is 13.2. The molecule has 0 bridgehead atoms. The highest BCUT2D eigenvalue weighted by Gasteiger charge is 2.31. The van der Waals surface area contributed by atoms with Crippen molar-refractivity contribution in [1.82, 2.24) is 0 Å². The Balaban J connectivity index is 3.06. The molecule has 1 aromatic rings. The number of ketones is 1. The van der Waals surface area contributed by atoms with Gasteiger partial charge in [-0.1, -0.05) is 11.6 Å². The van der Waals surface area contributed by atoms with Crippen LogP contribution in [0.5, 0.6) is 0 Å². The number of carbonyl (C=O) groups is 2. The van der Waals surface area contributed by atoms with Gasteiger partial charge in [0, 0.05) is 12.0 Å². The molecule has 3 nitrogen and oxygen atoms in total. The van der Waals surface area contributed by atoms with Crippen molar-refractivity contribution in [2.45, 2.75) is 27.2 Å². The summed E-state index contributed by atoms with van der Waals surface area (Å²) in [5.74, 6) is -1.96. The molecule has 0 amide bonds. The van der Waals surface area contributed by atoms with E-state index in [1.54, 1.807) is 0 Å². The first-order chi connectivity index (χ1) is 8.15. The van der Waals surface area contributed by atoms with Gasteiger partial charge >= 0.3 is 5.97 Å². The van der Waals surface area contributed by atoms with Crippen molar-refractivity contribution in [1.29, 1.82) is 0 Å².